The number of hydrogen-bond acceptors (Lipinski definition) is 5. The van der Waals surface area contributed by atoms with Crippen molar-refractivity contribution < 1.29 is 9.53 Å². The average molecular weight is 424 g/mol. The van der Waals surface area contributed by atoms with Crippen LogP contribution in [0, 0.1) is 0 Å². The maximum atomic E-state index is 12.5. The molecule has 30 heavy (non-hydrogen) atoms. The van der Waals surface area contributed by atoms with Gasteiger partial charge in [0.2, 0.25) is 0 Å². The summed E-state index contributed by atoms with van der Waals surface area (Å²) in [7, 11) is 1.61. The molecular formula is C22H22ClN5O2. The standard InChI is InChI=1S/C22H22ClN5O2/c1-30-19-8-6-18(7-9-19)24-22(29)28-14-12-27(13-15-28)21-11-10-20(25-26-21)16-2-4-17(23)5-3-16/h2-11H,12-15H2,1H3,(H,24,29). The molecule has 1 aromatic heterocycles. The third kappa shape index (κ3) is 4.63. The molecular weight excluding hydrogens is 402 g/mol. The van der Waals surface area contributed by atoms with Crippen LogP contribution < -0.4 is 15.0 Å². The number of amides is 2. The zero-order chi connectivity index (χ0) is 20.9. The summed E-state index contributed by atoms with van der Waals surface area (Å²) < 4.78 is 5.14. The molecule has 154 valence electrons. The van der Waals surface area contributed by atoms with E-state index >= 15 is 0 Å². The molecule has 2 amide bonds. The molecule has 0 spiro atoms. The second-order valence-electron chi connectivity index (χ2n) is 6.92. The van der Waals surface area contributed by atoms with Crippen molar-refractivity contribution in [2.45, 2.75) is 0 Å². The topological polar surface area (TPSA) is 70.6 Å². The van der Waals surface area contributed by atoms with Gasteiger partial charge >= 0.3 is 6.03 Å². The molecule has 0 bridgehead atoms. The molecule has 2 aromatic carbocycles. The van der Waals surface area contributed by atoms with Gasteiger partial charge in [0, 0.05) is 42.5 Å². The summed E-state index contributed by atoms with van der Waals surface area (Å²) >= 11 is 5.94. The summed E-state index contributed by atoms with van der Waals surface area (Å²) in [5.41, 5.74) is 2.51. The van der Waals surface area contributed by atoms with Gasteiger partial charge in [0.05, 0.1) is 12.8 Å². The quantitative estimate of drug-likeness (QED) is 0.682. The lowest BCUT2D eigenvalue weighted by Gasteiger charge is -2.35. The number of piperazine rings is 1. The van der Waals surface area contributed by atoms with Crippen LogP contribution in [0.2, 0.25) is 5.02 Å². The van der Waals surface area contributed by atoms with E-state index in [1.165, 1.54) is 0 Å². The van der Waals surface area contributed by atoms with Crippen molar-refractivity contribution in [3.05, 3.63) is 65.7 Å². The Kier molecular flexibility index (Phi) is 5.99. The highest BCUT2D eigenvalue weighted by Crippen LogP contribution is 2.21. The molecule has 0 radical (unpaired) electrons. The Bertz CT molecular complexity index is 986. The number of ether oxygens (including phenoxy) is 1. The first-order valence-corrected chi connectivity index (χ1v) is 10.0. The van der Waals surface area contributed by atoms with E-state index in [9.17, 15) is 4.79 Å². The number of methoxy groups -OCH3 is 1. The van der Waals surface area contributed by atoms with Crippen LogP contribution in [0.15, 0.2) is 60.7 Å². The van der Waals surface area contributed by atoms with E-state index < -0.39 is 0 Å². The van der Waals surface area contributed by atoms with Crippen molar-refractivity contribution >= 4 is 29.1 Å². The lowest BCUT2D eigenvalue weighted by Crippen LogP contribution is -2.50. The first-order chi connectivity index (χ1) is 14.6. The highest BCUT2D eigenvalue weighted by Gasteiger charge is 2.22. The summed E-state index contributed by atoms with van der Waals surface area (Å²) in [6, 6.07) is 18.6. The van der Waals surface area contributed by atoms with Crippen LogP contribution in [0.25, 0.3) is 11.3 Å². The molecule has 1 aliphatic rings. The number of rotatable bonds is 4. The first-order valence-electron chi connectivity index (χ1n) is 9.67. The Balaban J connectivity index is 1.32. The minimum absolute atomic E-state index is 0.107. The highest BCUT2D eigenvalue weighted by molar-refractivity contribution is 6.30. The van der Waals surface area contributed by atoms with Crippen LogP contribution >= 0.6 is 11.6 Å². The maximum Gasteiger partial charge on any atom is 0.321 e. The van der Waals surface area contributed by atoms with E-state index in [1.807, 2.05) is 60.7 Å². The minimum atomic E-state index is -0.107. The Morgan fingerprint density at radius 1 is 0.933 bits per heavy atom. The zero-order valence-electron chi connectivity index (χ0n) is 16.6. The van der Waals surface area contributed by atoms with E-state index in [0.717, 1.165) is 28.5 Å². The number of carbonyl (C=O) groups is 1. The molecule has 1 N–H and O–H groups in total. The summed E-state index contributed by atoms with van der Waals surface area (Å²) in [6.45, 7) is 2.63. The number of hydrogen-bond donors (Lipinski definition) is 1. The van der Waals surface area contributed by atoms with Crippen molar-refractivity contribution in [3.63, 3.8) is 0 Å². The fraction of sp³-hybridized carbons (Fsp3) is 0.227. The third-order valence-corrected chi connectivity index (χ3v) is 5.27. The van der Waals surface area contributed by atoms with Crippen LogP contribution in [0.1, 0.15) is 0 Å². The minimum Gasteiger partial charge on any atom is -0.497 e. The van der Waals surface area contributed by atoms with Gasteiger partial charge in [-0.3, -0.25) is 0 Å². The fourth-order valence-corrected chi connectivity index (χ4v) is 3.41. The maximum absolute atomic E-state index is 12.5. The first kappa shape index (κ1) is 20.0. The second-order valence-corrected chi connectivity index (χ2v) is 7.35. The van der Waals surface area contributed by atoms with Crippen molar-refractivity contribution in [1.82, 2.24) is 15.1 Å². The van der Waals surface area contributed by atoms with Gasteiger partial charge in [-0.05, 0) is 48.5 Å². The summed E-state index contributed by atoms with van der Waals surface area (Å²) in [5, 5.41) is 12.3. The summed E-state index contributed by atoms with van der Waals surface area (Å²) in [6.07, 6.45) is 0. The molecule has 0 atom stereocenters. The number of nitrogens with one attached hydrogen (secondary N) is 1. The fourth-order valence-electron chi connectivity index (χ4n) is 3.28. The average Bonchev–Trinajstić information content (AvgIpc) is 2.80. The molecule has 4 rings (SSSR count). The number of benzene rings is 2. The highest BCUT2D eigenvalue weighted by atomic mass is 35.5. The van der Waals surface area contributed by atoms with Crippen molar-refractivity contribution in [1.29, 1.82) is 0 Å². The van der Waals surface area contributed by atoms with Crippen LogP contribution in [0.4, 0.5) is 16.3 Å². The number of carbonyl (C=O) groups excluding carboxylic acids is 1. The molecule has 3 aromatic rings. The van der Waals surface area contributed by atoms with Gasteiger partial charge in [-0.1, -0.05) is 23.7 Å². The van der Waals surface area contributed by atoms with Crippen LogP contribution in [0.5, 0.6) is 5.75 Å². The normalized spacial score (nSPS) is 13.8. The van der Waals surface area contributed by atoms with Gasteiger partial charge < -0.3 is 19.9 Å². The van der Waals surface area contributed by atoms with Crippen molar-refractivity contribution in [3.8, 4) is 17.0 Å². The largest absolute Gasteiger partial charge is 0.497 e. The predicted octanol–water partition coefficient (Wildman–Crippen LogP) is 4.16. The number of urea groups is 1. The van der Waals surface area contributed by atoms with Crippen LogP contribution in [0.3, 0.4) is 0 Å². The number of halogens is 1. The SMILES string of the molecule is COc1ccc(NC(=O)N2CCN(c3ccc(-c4ccc(Cl)cc4)nn3)CC2)cc1. The Hall–Kier alpha value is -3.32. The molecule has 0 saturated carbocycles. The molecule has 1 saturated heterocycles. The predicted molar refractivity (Wildman–Crippen MR) is 118 cm³/mol. The summed E-state index contributed by atoms with van der Waals surface area (Å²) in [5.74, 6) is 1.56. The second kappa shape index (κ2) is 9.00. The molecule has 1 aliphatic heterocycles. The molecule has 2 heterocycles. The molecule has 8 heteroatoms. The van der Waals surface area contributed by atoms with Gasteiger partial charge in [0.1, 0.15) is 5.75 Å². The monoisotopic (exact) mass is 423 g/mol. The lowest BCUT2D eigenvalue weighted by atomic mass is 10.1. The Labute approximate surface area is 180 Å². The van der Waals surface area contributed by atoms with E-state index in [2.05, 4.69) is 20.4 Å². The Morgan fingerprint density at radius 2 is 1.63 bits per heavy atom. The smallest absolute Gasteiger partial charge is 0.321 e. The molecule has 1 fully saturated rings. The van der Waals surface area contributed by atoms with Gasteiger partial charge in [-0.15, -0.1) is 10.2 Å². The number of aromatic nitrogens is 2. The lowest BCUT2D eigenvalue weighted by molar-refractivity contribution is 0.208. The molecule has 7 nitrogen and oxygen atoms in total. The third-order valence-electron chi connectivity index (χ3n) is 5.02. The van der Waals surface area contributed by atoms with E-state index in [1.54, 1.807) is 12.0 Å². The number of anilines is 2. The van der Waals surface area contributed by atoms with E-state index in [0.29, 0.717) is 31.2 Å². The Morgan fingerprint density at radius 3 is 2.23 bits per heavy atom. The van der Waals surface area contributed by atoms with Gasteiger partial charge in [0.25, 0.3) is 0 Å². The van der Waals surface area contributed by atoms with Crippen LogP contribution in [-0.2, 0) is 0 Å². The van der Waals surface area contributed by atoms with Gasteiger partial charge in [-0.25, -0.2) is 4.79 Å². The zero-order valence-corrected chi connectivity index (χ0v) is 17.3. The van der Waals surface area contributed by atoms with Gasteiger partial charge in [-0.2, -0.15) is 0 Å². The summed E-state index contributed by atoms with van der Waals surface area (Å²) in [4.78, 5) is 16.5. The van der Waals surface area contributed by atoms with Gasteiger partial charge in [0.15, 0.2) is 5.82 Å². The molecule has 0 unspecified atom stereocenters. The van der Waals surface area contributed by atoms with E-state index in [4.69, 9.17) is 16.3 Å². The van der Waals surface area contributed by atoms with Crippen molar-refractivity contribution in [2.24, 2.45) is 0 Å². The molecule has 0 aliphatic carbocycles. The number of nitrogens with zero attached hydrogens (tertiary/aromatic N) is 4. The van der Waals surface area contributed by atoms with E-state index in [-0.39, 0.29) is 6.03 Å². The van der Waals surface area contributed by atoms with Crippen molar-refractivity contribution in [2.75, 3.05) is 43.5 Å². The van der Waals surface area contributed by atoms with Crippen LogP contribution in [-0.4, -0.2) is 54.4 Å².